The largest absolute Gasteiger partial charge is 0.306 e. The van der Waals surface area contributed by atoms with E-state index < -0.39 is 0 Å². The van der Waals surface area contributed by atoms with Crippen LogP contribution < -0.4 is 0 Å². The lowest BCUT2D eigenvalue weighted by molar-refractivity contribution is 1.05. The van der Waals surface area contributed by atoms with Gasteiger partial charge in [0.2, 0.25) is 0 Å². The maximum absolute atomic E-state index is 4.23. The van der Waals surface area contributed by atoms with Gasteiger partial charge in [0, 0.05) is 18.1 Å². The van der Waals surface area contributed by atoms with E-state index in [1.807, 2.05) is 12.3 Å². The maximum Gasteiger partial charge on any atom is 0.137 e. The zero-order valence-corrected chi connectivity index (χ0v) is 6.70. The van der Waals surface area contributed by atoms with Gasteiger partial charge in [-0.3, -0.25) is 0 Å². The molecule has 0 atom stereocenters. The van der Waals surface area contributed by atoms with Crippen LogP contribution in [0, 0.1) is 13.8 Å². The average molecular weight is 146 g/mol. The van der Waals surface area contributed by atoms with Crippen LogP contribution in [0.4, 0.5) is 0 Å². The molecule has 0 amide bonds. The van der Waals surface area contributed by atoms with E-state index in [0.717, 1.165) is 5.65 Å². The van der Waals surface area contributed by atoms with Crippen molar-refractivity contribution in [3.8, 4) is 0 Å². The predicted octanol–water partition coefficient (Wildman–Crippen LogP) is 1.95. The lowest BCUT2D eigenvalue weighted by atomic mass is 10.4. The van der Waals surface area contributed by atoms with E-state index in [1.165, 1.54) is 11.3 Å². The molecule has 2 aromatic rings. The highest BCUT2D eigenvalue weighted by Gasteiger charge is 1.96. The summed E-state index contributed by atoms with van der Waals surface area (Å²) in [5.41, 5.74) is 3.51. The summed E-state index contributed by atoms with van der Waals surface area (Å²) in [5, 5.41) is 0. The standard InChI is InChI=1S/C9H10N2/c1-7-5-9-10-4-3-8(2)11(9)6-7/h3-6H,1-2H3. The molecule has 0 radical (unpaired) electrons. The molecule has 2 nitrogen and oxygen atoms in total. The van der Waals surface area contributed by atoms with Gasteiger partial charge in [-0.05, 0) is 31.5 Å². The highest BCUT2D eigenvalue weighted by molar-refractivity contribution is 5.43. The van der Waals surface area contributed by atoms with Gasteiger partial charge in [-0.2, -0.15) is 0 Å². The molecule has 0 unspecified atom stereocenters. The molecule has 0 aliphatic heterocycles. The molecule has 0 saturated heterocycles. The van der Waals surface area contributed by atoms with Crippen LogP contribution in [0.3, 0.4) is 0 Å². The minimum absolute atomic E-state index is 1.03. The van der Waals surface area contributed by atoms with Crippen LogP contribution in [0.5, 0.6) is 0 Å². The summed E-state index contributed by atoms with van der Waals surface area (Å²) < 4.78 is 2.09. The van der Waals surface area contributed by atoms with Crippen molar-refractivity contribution in [2.75, 3.05) is 0 Å². The Morgan fingerprint density at radius 1 is 1.36 bits per heavy atom. The molecule has 0 saturated carbocycles. The average Bonchev–Trinajstić information content (AvgIpc) is 2.31. The lowest BCUT2D eigenvalue weighted by Crippen LogP contribution is -1.89. The lowest BCUT2D eigenvalue weighted by Gasteiger charge is -1.96. The van der Waals surface area contributed by atoms with Crippen molar-refractivity contribution < 1.29 is 0 Å². The molecule has 2 heterocycles. The first-order valence-electron chi connectivity index (χ1n) is 3.68. The molecule has 0 aliphatic carbocycles. The fourth-order valence-electron chi connectivity index (χ4n) is 1.26. The Morgan fingerprint density at radius 3 is 2.91 bits per heavy atom. The second-order valence-corrected chi connectivity index (χ2v) is 2.83. The third kappa shape index (κ3) is 0.909. The maximum atomic E-state index is 4.23. The Balaban J connectivity index is 2.90. The Bertz CT molecular complexity index is 387. The van der Waals surface area contributed by atoms with E-state index in [9.17, 15) is 0 Å². The van der Waals surface area contributed by atoms with E-state index in [-0.39, 0.29) is 0 Å². The van der Waals surface area contributed by atoms with Gasteiger partial charge in [0.05, 0.1) is 0 Å². The summed E-state index contributed by atoms with van der Waals surface area (Å²) in [6.45, 7) is 4.16. The molecule has 2 heteroatoms. The summed E-state index contributed by atoms with van der Waals surface area (Å²) >= 11 is 0. The van der Waals surface area contributed by atoms with E-state index in [0.29, 0.717) is 0 Å². The van der Waals surface area contributed by atoms with E-state index in [2.05, 4.69) is 35.5 Å². The Kier molecular flexibility index (Phi) is 1.22. The third-order valence-corrected chi connectivity index (χ3v) is 1.84. The van der Waals surface area contributed by atoms with Gasteiger partial charge in [0.25, 0.3) is 0 Å². The van der Waals surface area contributed by atoms with Gasteiger partial charge in [0.15, 0.2) is 0 Å². The zero-order valence-electron chi connectivity index (χ0n) is 6.70. The number of aromatic nitrogens is 2. The Hall–Kier alpha value is -1.31. The number of fused-ring (bicyclic) bond motifs is 1. The van der Waals surface area contributed by atoms with Crippen molar-refractivity contribution in [3.63, 3.8) is 0 Å². The zero-order chi connectivity index (χ0) is 7.84. The normalized spacial score (nSPS) is 10.7. The first-order chi connectivity index (χ1) is 5.27. The molecule has 2 aromatic heterocycles. The molecule has 0 aliphatic rings. The minimum atomic E-state index is 1.03. The summed E-state index contributed by atoms with van der Waals surface area (Å²) in [4.78, 5) is 4.23. The predicted molar refractivity (Wildman–Crippen MR) is 44.7 cm³/mol. The van der Waals surface area contributed by atoms with Gasteiger partial charge < -0.3 is 4.40 Å². The number of nitrogens with zero attached hydrogens (tertiary/aromatic N) is 2. The van der Waals surface area contributed by atoms with E-state index >= 15 is 0 Å². The molecule has 0 spiro atoms. The third-order valence-electron chi connectivity index (χ3n) is 1.84. The summed E-state index contributed by atoms with van der Waals surface area (Å²) in [7, 11) is 0. The van der Waals surface area contributed by atoms with Crippen molar-refractivity contribution >= 4 is 5.65 Å². The van der Waals surface area contributed by atoms with Gasteiger partial charge in [-0.1, -0.05) is 0 Å². The fourth-order valence-corrected chi connectivity index (χ4v) is 1.26. The van der Waals surface area contributed by atoms with Crippen LogP contribution in [-0.2, 0) is 0 Å². The van der Waals surface area contributed by atoms with E-state index in [1.54, 1.807) is 0 Å². The van der Waals surface area contributed by atoms with Crippen LogP contribution in [-0.4, -0.2) is 9.38 Å². The van der Waals surface area contributed by atoms with E-state index in [4.69, 9.17) is 0 Å². The molecular weight excluding hydrogens is 136 g/mol. The number of aryl methyl sites for hydroxylation is 2. The SMILES string of the molecule is Cc1cc2nccc(C)n2c1. The quantitative estimate of drug-likeness (QED) is 0.555. The van der Waals surface area contributed by atoms with Crippen LogP contribution >= 0.6 is 0 Å². The Morgan fingerprint density at radius 2 is 2.18 bits per heavy atom. The topological polar surface area (TPSA) is 17.3 Å². The van der Waals surface area contributed by atoms with Crippen molar-refractivity contribution in [2.24, 2.45) is 0 Å². The second-order valence-electron chi connectivity index (χ2n) is 2.83. The minimum Gasteiger partial charge on any atom is -0.306 e. The number of hydrogen-bond donors (Lipinski definition) is 0. The molecule has 2 rings (SSSR count). The fraction of sp³-hybridized carbons (Fsp3) is 0.222. The first-order valence-corrected chi connectivity index (χ1v) is 3.68. The summed E-state index contributed by atoms with van der Waals surface area (Å²) in [6, 6.07) is 4.08. The van der Waals surface area contributed by atoms with Gasteiger partial charge in [-0.25, -0.2) is 4.98 Å². The molecule has 0 fully saturated rings. The smallest absolute Gasteiger partial charge is 0.137 e. The first kappa shape index (κ1) is 6.40. The number of rotatable bonds is 0. The highest BCUT2D eigenvalue weighted by Crippen LogP contribution is 2.08. The van der Waals surface area contributed by atoms with Crippen LogP contribution in [0.25, 0.3) is 5.65 Å². The number of hydrogen-bond acceptors (Lipinski definition) is 1. The summed E-state index contributed by atoms with van der Waals surface area (Å²) in [5.74, 6) is 0. The Labute approximate surface area is 65.5 Å². The molecule has 56 valence electrons. The van der Waals surface area contributed by atoms with Gasteiger partial charge >= 0.3 is 0 Å². The van der Waals surface area contributed by atoms with Crippen molar-refractivity contribution in [1.29, 1.82) is 0 Å². The van der Waals surface area contributed by atoms with Gasteiger partial charge in [-0.15, -0.1) is 0 Å². The molecule has 0 N–H and O–H groups in total. The molecular formula is C9H10N2. The highest BCUT2D eigenvalue weighted by atomic mass is 15.0. The van der Waals surface area contributed by atoms with Crippen LogP contribution in [0.1, 0.15) is 11.3 Å². The van der Waals surface area contributed by atoms with Crippen molar-refractivity contribution in [2.45, 2.75) is 13.8 Å². The van der Waals surface area contributed by atoms with Crippen LogP contribution in [0.15, 0.2) is 24.5 Å². The molecule has 0 bridgehead atoms. The van der Waals surface area contributed by atoms with Crippen LogP contribution in [0.2, 0.25) is 0 Å². The molecule has 11 heavy (non-hydrogen) atoms. The monoisotopic (exact) mass is 146 g/mol. The van der Waals surface area contributed by atoms with Crippen molar-refractivity contribution in [1.82, 2.24) is 9.38 Å². The second kappa shape index (κ2) is 2.09. The summed E-state index contributed by atoms with van der Waals surface area (Å²) in [6.07, 6.45) is 3.93. The molecule has 0 aromatic carbocycles. The van der Waals surface area contributed by atoms with Gasteiger partial charge in [0.1, 0.15) is 5.65 Å². The van der Waals surface area contributed by atoms with Crippen molar-refractivity contribution in [3.05, 3.63) is 35.8 Å².